The van der Waals surface area contributed by atoms with Crippen LogP contribution in [0, 0.1) is 0 Å². The number of nitrogens with one attached hydrogen (secondary N) is 1. The SMILES string of the molecule is COC(=O)c1ccc(NC(=O)CCC(C(=O)O)N2C(=O)c3ccccc3C2=O)cc1. The van der Waals surface area contributed by atoms with E-state index in [1.54, 1.807) is 12.1 Å². The number of methoxy groups -OCH3 is 1. The predicted molar refractivity (Wildman–Crippen MR) is 104 cm³/mol. The van der Waals surface area contributed by atoms with Crippen LogP contribution in [-0.2, 0) is 14.3 Å². The highest BCUT2D eigenvalue weighted by Crippen LogP contribution is 2.26. The van der Waals surface area contributed by atoms with Crippen molar-refractivity contribution in [3.63, 3.8) is 0 Å². The zero-order valence-electron chi connectivity index (χ0n) is 16.0. The van der Waals surface area contributed by atoms with Gasteiger partial charge in [-0.15, -0.1) is 0 Å². The van der Waals surface area contributed by atoms with Crippen molar-refractivity contribution in [2.45, 2.75) is 18.9 Å². The van der Waals surface area contributed by atoms with Gasteiger partial charge >= 0.3 is 11.9 Å². The van der Waals surface area contributed by atoms with Gasteiger partial charge in [0, 0.05) is 12.1 Å². The molecule has 1 aliphatic rings. The summed E-state index contributed by atoms with van der Waals surface area (Å²) in [5.41, 5.74) is 1.00. The third-order valence-corrected chi connectivity index (χ3v) is 4.66. The number of ether oxygens (including phenoxy) is 1. The van der Waals surface area contributed by atoms with Gasteiger partial charge in [0.25, 0.3) is 11.8 Å². The molecule has 0 aromatic heterocycles. The predicted octanol–water partition coefficient (Wildman–Crippen LogP) is 1.94. The highest BCUT2D eigenvalue weighted by atomic mass is 16.5. The molecule has 9 nitrogen and oxygen atoms in total. The molecule has 2 N–H and O–H groups in total. The lowest BCUT2D eigenvalue weighted by atomic mass is 10.1. The van der Waals surface area contributed by atoms with Crippen LogP contribution in [0.1, 0.15) is 43.9 Å². The van der Waals surface area contributed by atoms with E-state index in [4.69, 9.17) is 0 Å². The van der Waals surface area contributed by atoms with Crippen LogP contribution < -0.4 is 5.32 Å². The molecule has 0 bridgehead atoms. The Balaban J connectivity index is 1.65. The zero-order valence-corrected chi connectivity index (χ0v) is 16.0. The van der Waals surface area contributed by atoms with Crippen molar-refractivity contribution in [1.82, 2.24) is 4.90 Å². The van der Waals surface area contributed by atoms with Crippen LogP contribution in [0.25, 0.3) is 0 Å². The Kier molecular flexibility index (Phi) is 5.91. The summed E-state index contributed by atoms with van der Waals surface area (Å²) in [6.07, 6.45) is -0.476. The van der Waals surface area contributed by atoms with Crippen molar-refractivity contribution in [3.8, 4) is 0 Å². The number of imide groups is 1. The number of carboxylic acids is 1. The van der Waals surface area contributed by atoms with Gasteiger partial charge in [0.2, 0.25) is 5.91 Å². The third kappa shape index (κ3) is 4.04. The van der Waals surface area contributed by atoms with E-state index >= 15 is 0 Å². The first-order chi connectivity index (χ1) is 14.3. The number of fused-ring (bicyclic) bond motifs is 1. The first-order valence-corrected chi connectivity index (χ1v) is 9.01. The minimum atomic E-state index is -1.47. The Morgan fingerprint density at radius 1 is 1.00 bits per heavy atom. The number of benzene rings is 2. The Bertz CT molecular complexity index is 995. The second kappa shape index (κ2) is 8.56. The summed E-state index contributed by atoms with van der Waals surface area (Å²) >= 11 is 0. The number of esters is 1. The molecule has 9 heteroatoms. The van der Waals surface area contributed by atoms with E-state index in [0.29, 0.717) is 16.2 Å². The molecule has 0 saturated carbocycles. The van der Waals surface area contributed by atoms with Crippen molar-refractivity contribution >= 4 is 35.3 Å². The molecular formula is C21H18N2O7. The molecule has 1 unspecified atom stereocenters. The molecule has 0 saturated heterocycles. The summed E-state index contributed by atoms with van der Waals surface area (Å²) in [4.78, 5) is 61.1. The maximum Gasteiger partial charge on any atom is 0.337 e. The van der Waals surface area contributed by atoms with Crippen LogP contribution in [0.4, 0.5) is 5.69 Å². The quantitative estimate of drug-likeness (QED) is 0.527. The molecule has 3 rings (SSSR count). The number of hydrogen-bond acceptors (Lipinski definition) is 6. The van der Waals surface area contributed by atoms with E-state index in [1.165, 1.54) is 43.5 Å². The molecule has 1 heterocycles. The normalized spacial score (nSPS) is 13.6. The number of amides is 3. The maximum absolute atomic E-state index is 12.5. The number of nitrogens with zero attached hydrogens (tertiary/aromatic N) is 1. The van der Waals surface area contributed by atoms with E-state index < -0.39 is 35.7 Å². The van der Waals surface area contributed by atoms with Crippen LogP contribution in [0.2, 0.25) is 0 Å². The van der Waals surface area contributed by atoms with Gasteiger partial charge in [-0.1, -0.05) is 12.1 Å². The smallest absolute Gasteiger partial charge is 0.337 e. The van der Waals surface area contributed by atoms with Crippen LogP contribution in [0.3, 0.4) is 0 Å². The van der Waals surface area contributed by atoms with E-state index in [1.807, 2.05) is 0 Å². The lowest BCUT2D eigenvalue weighted by Crippen LogP contribution is -2.45. The maximum atomic E-state index is 12.5. The zero-order chi connectivity index (χ0) is 21.8. The molecule has 3 amide bonds. The lowest BCUT2D eigenvalue weighted by molar-refractivity contribution is -0.141. The summed E-state index contributed by atoms with van der Waals surface area (Å²) in [5.74, 6) is -3.77. The summed E-state index contributed by atoms with van der Waals surface area (Å²) < 4.78 is 4.59. The average Bonchev–Trinajstić information content (AvgIpc) is 2.99. The minimum absolute atomic E-state index is 0.142. The number of hydrogen-bond donors (Lipinski definition) is 2. The van der Waals surface area contributed by atoms with E-state index in [9.17, 15) is 29.1 Å². The number of carboxylic acid groups (broad SMARTS) is 1. The van der Waals surface area contributed by atoms with Gasteiger partial charge in [0.1, 0.15) is 6.04 Å². The Morgan fingerprint density at radius 3 is 2.07 bits per heavy atom. The van der Waals surface area contributed by atoms with E-state index in [2.05, 4.69) is 10.1 Å². The summed E-state index contributed by atoms with van der Waals surface area (Å²) in [5, 5.41) is 12.1. The number of aliphatic carboxylic acids is 1. The van der Waals surface area contributed by atoms with Gasteiger partial charge < -0.3 is 15.2 Å². The van der Waals surface area contributed by atoms with Crippen LogP contribution in [0.15, 0.2) is 48.5 Å². The van der Waals surface area contributed by atoms with E-state index in [0.717, 1.165) is 0 Å². The van der Waals surface area contributed by atoms with Gasteiger partial charge in [-0.2, -0.15) is 0 Å². The fraction of sp³-hybridized carbons (Fsp3) is 0.190. The molecule has 2 aromatic carbocycles. The Labute approximate surface area is 171 Å². The van der Waals surface area contributed by atoms with Crippen molar-refractivity contribution in [1.29, 1.82) is 0 Å². The Hall–Kier alpha value is -4.01. The van der Waals surface area contributed by atoms with Gasteiger partial charge in [0.05, 0.1) is 23.8 Å². The number of carbonyl (C=O) groups excluding carboxylic acids is 4. The highest BCUT2D eigenvalue weighted by molar-refractivity contribution is 6.22. The average molecular weight is 410 g/mol. The fourth-order valence-corrected chi connectivity index (χ4v) is 3.15. The second-order valence-corrected chi connectivity index (χ2v) is 6.54. The largest absolute Gasteiger partial charge is 0.480 e. The molecule has 0 spiro atoms. The molecule has 154 valence electrons. The van der Waals surface area contributed by atoms with Crippen LogP contribution >= 0.6 is 0 Å². The van der Waals surface area contributed by atoms with Crippen molar-refractivity contribution in [2.75, 3.05) is 12.4 Å². The molecule has 0 radical (unpaired) electrons. The molecule has 1 aliphatic heterocycles. The van der Waals surface area contributed by atoms with Gasteiger partial charge in [-0.05, 0) is 42.8 Å². The van der Waals surface area contributed by atoms with Crippen molar-refractivity contribution < 1.29 is 33.8 Å². The minimum Gasteiger partial charge on any atom is -0.480 e. The summed E-state index contributed by atoms with van der Waals surface area (Å²) in [6.45, 7) is 0. The van der Waals surface area contributed by atoms with Crippen molar-refractivity contribution in [2.24, 2.45) is 0 Å². The van der Waals surface area contributed by atoms with Crippen LogP contribution in [-0.4, -0.2) is 52.8 Å². The lowest BCUT2D eigenvalue weighted by Gasteiger charge is -2.22. The van der Waals surface area contributed by atoms with Gasteiger partial charge in [0.15, 0.2) is 0 Å². The van der Waals surface area contributed by atoms with Crippen molar-refractivity contribution in [3.05, 3.63) is 65.2 Å². The highest BCUT2D eigenvalue weighted by Gasteiger charge is 2.42. The number of carbonyl (C=O) groups is 5. The topological polar surface area (TPSA) is 130 Å². The van der Waals surface area contributed by atoms with E-state index in [-0.39, 0.29) is 24.0 Å². The molecule has 2 aromatic rings. The molecule has 0 aliphatic carbocycles. The first kappa shape index (κ1) is 20.7. The monoisotopic (exact) mass is 410 g/mol. The molecular weight excluding hydrogens is 392 g/mol. The van der Waals surface area contributed by atoms with Crippen LogP contribution in [0.5, 0.6) is 0 Å². The Morgan fingerprint density at radius 2 is 1.57 bits per heavy atom. The molecule has 1 atom stereocenters. The molecule has 0 fully saturated rings. The van der Waals surface area contributed by atoms with Gasteiger partial charge in [-0.3, -0.25) is 19.3 Å². The number of anilines is 1. The summed E-state index contributed by atoms with van der Waals surface area (Å²) in [6, 6.07) is 10.6. The number of rotatable bonds is 7. The standard InChI is InChI=1S/C21H18N2O7/c1-30-21(29)12-6-8-13(9-7-12)22-17(24)11-10-16(20(27)28)23-18(25)14-4-2-3-5-15(14)19(23)26/h2-9,16H,10-11H2,1H3,(H,22,24)(H,27,28). The second-order valence-electron chi connectivity index (χ2n) is 6.54. The third-order valence-electron chi connectivity index (χ3n) is 4.66. The summed E-state index contributed by atoms with van der Waals surface area (Å²) in [7, 11) is 1.26. The fourth-order valence-electron chi connectivity index (χ4n) is 3.15. The first-order valence-electron chi connectivity index (χ1n) is 9.01. The molecule has 30 heavy (non-hydrogen) atoms. The van der Waals surface area contributed by atoms with Gasteiger partial charge in [-0.25, -0.2) is 9.59 Å².